The molecule has 4 nitrogen and oxygen atoms in total. The van der Waals surface area contributed by atoms with Crippen LogP contribution in [0.3, 0.4) is 0 Å². The molecule has 26 heavy (non-hydrogen) atoms. The van der Waals surface area contributed by atoms with Crippen molar-refractivity contribution in [1.29, 1.82) is 0 Å². The van der Waals surface area contributed by atoms with Gasteiger partial charge in [0.05, 0.1) is 0 Å². The second-order valence-electron chi connectivity index (χ2n) is 6.02. The van der Waals surface area contributed by atoms with E-state index in [0.717, 1.165) is 15.9 Å². The van der Waals surface area contributed by atoms with Gasteiger partial charge in [0.15, 0.2) is 17.6 Å². The average Bonchev–Trinajstić information content (AvgIpc) is 3.05. The molecule has 4 rings (SSSR count). The molecule has 3 aromatic rings. The molecular weight excluding hydrogens is 363 g/mol. The molecule has 0 N–H and O–H groups in total. The van der Waals surface area contributed by atoms with Crippen molar-refractivity contribution in [2.75, 3.05) is 13.1 Å². The summed E-state index contributed by atoms with van der Waals surface area (Å²) < 4.78 is 31.4. The third-order valence-corrected chi connectivity index (χ3v) is 11.1. The van der Waals surface area contributed by atoms with Crippen LogP contribution in [0.5, 0.6) is 0 Å². The first-order valence-corrected chi connectivity index (χ1v) is 11.6. The fourth-order valence-electron chi connectivity index (χ4n) is 3.49. The van der Waals surface area contributed by atoms with Crippen LogP contribution in [-0.4, -0.2) is 25.6 Å². The van der Waals surface area contributed by atoms with E-state index in [1.165, 1.54) is 0 Å². The maximum Gasteiger partial charge on any atom is 0.195 e. The molecule has 132 valence electrons. The molecule has 0 amide bonds. The maximum absolute atomic E-state index is 12.9. The van der Waals surface area contributed by atoms with Crippen LogP contribution in [0.4, 0.5) is 0 Å². The fourth-order valence-corrected chi connectivity index (χ4v) is 10.4. The first-order chi connectivity index (χ1) is 12.7. The molecule has 0 aromatic heterocycles. The summed E-state index contributed by atoms with van der Waals surface area (Å²) in [7, 11) is -6.25. The minimum atomic E-state index is -3.68. The van der Waals surface area contributed by atoms with E-state index in [4.69, 9.17) is 0 Å². The van der Waals surface area contributed by atoms with Crippen LogP contribution in [0.2, 0.25) is 0 Å². The van der Waals surface area contributed by atoms with Crippen LogP contribution in [-0.2, 0) is 10.2 Å². The quantitative estimate of drug-likeness (QED) is 0.652. The van der Waals surface area contributed by atoms with E-state index in [2.05, 4.69) is 4.72 Å². The Labute approximate surface area is 155 Å². The summed E-state index contributed by atoms with van der Waals surface area (Å²) in [6.45, 7) is 0.700. The van der Waals surface area contributed by atoms with E-state index < -0.39 is 17.6 Å². The van der Waals surface area contributed by atoms with Crippen molar-refractivity contribution in [2.24, 2.45) is 0 Å². The molecular formula is C20H19N2O2PS. The SMILES string of the molecule is O=S1(=O)[N-]CCN1[P+](c1ccccc1)(c1ccccc1)c1ccccc1. The average molecular weight is 382 g/mol. The number of rotatable bonds is 4. The van der Waals surface area contributed by atoms with Gasteiger partial charge in [-0.1, -0.05) is 58.7 Å². The van der Waals surface area contributed by atoms with Crippen LogP contribution >= 0.6 is 7.41 Å². The monoisotopic (exact) mass is 382 g/mol. The van der Waals surface area contributed by atoms with Crippen LogP contribution in [0.25, 0.3) is 4.72 Å². The Bertz CT molecular complexity index is 883. The van der Waals surface area contributed by atoms with Gasteiger partial charge < -0.3 is 4.72 Å². The first kappa shape index (κ1) is 17.4. The van der Waals surface area contributed by atoms with Crippen LogP contribution in [0, 0.1) is 0 Å². The maximum atomic E-state index is 12.9. The number of hydrogen-bond donors (Lipinski definition) is 0. The summed E-state index contributed by atoms with van der Waals surface area (Å²) >= 11 is 0. The smallest absolute Gasteiger partial charge is 0.195 e. The molecule has 1 aliphatic heterocycles. The Morgan fingerprint density at radius 2 is 1.08 bits per heavy atom. The third kappa shape index (κ3) is 2.78. The lowest BCUT2D eigenvalue weighted by atomic mass is 10.4. The van der Waals surface area contributed by atoms with Gasteiger partial charge in [-0.05, 0) is 36.4 Å². The van der Waals surface area contributed by atoms with Crippen LogP contribution < -0.4 is 15.9 Å². The summed E-state index contributed by atoms with van der Waals surface area (Å²) in [6.07, 6.45) is 0. The highest BCUT2D eigenvalue weighted by atomic mass is 32.2. The molecule has 1 saturated heterocycles. The van der Waals surface area contributed by atoms with Gasteiger partial charge in [-0.15, -0.1) is 6.54 Å². The van der Waals surface area contributed by atoms with E-state index >= 15 is 0 Å². The predicted octanol–water partition coefficient (Wildman–Crippen LogP) is 2.83. The Morgan fingerprint density at radius 3 is 1.38 bits per heavy atom. The van der Waals surface area contributed by atoms with E-state index in [0.29, 0.717) is 13.1 Å². The molecule has 0 aliphatic carbocycles. The van der Waals surface area contributed by atoms with Gasteiger partial charge in [0, 0.05) is 6.54 Å². The molecule has 0 unspecified atom stereocenters. The minimum Gasteiger partial charge on any atom is -0.531 e. The zero-order valence-electron chi connectivity index (χ0n) is 14.1. The van der Waals surface area contributed by atoms with Gasteiger partial charge in [-0.3, -0.25) is 0 Å². The van der Waals surface area contributed by atoms with Gasteiger partial charge in [0.2, 0.25) is 0 Å². The summed E-state index contributed by atoms with van der Waals surface area (Å²) in [5, 5.41) is 3.04. The molecule has 1 fully saturated rings. The lowest BCUT2D eigenvalue weighted by Crippen LogP contribution is -2.43. The van der Waals surface area contributed by atoms with Gasteiger partial charge in [-0.25, -0.2) is 8.42 Å². The summed E-state index contributed by atoms with van der Waals surface area (Å²) in [6, 6.07) is 29.9. The van der Waals surface area contributed by atoms with Crippen LogP contribution in [0.15, 0.2) is 91.0 Å². The highest BCUT2D eigenvalue weighted by molar-refractivity contribution is 8.06. The van der Waals surface area contributed by atoms with E-state index in [9.17, 15) is 8.42 Å². The van der Waals surface area contributed by atoms with Crippen molar-refractivity contribution < 1.29 is 8.42 Å². The van der Waals surface area contributed by atoms with E-state index in [-0.39, 0.29) is 0 Å². The van der Waals surface area contributed by atoms with Gasteiger partial charge in [0.25, 0.3) is 0 Å². The Hall–Kier alpha value is -2.04. The molecule has 1 aliphatic rings. The Morgan fingerprint density at radius 1 is 0.692 bits per heavy atom. The summed E-state index contributed by atoms with van der Waals surface area (Å²) in [4.78, 5) is 0. The highest BCUT2D eigenvalue weighted by Gasteiger charge is 2.55. The lowest BCUT2D eigenvalue weighted by molar-refractivity contribution is 0.567. The molecule has 0 spiro atoms. The topological polar surface area (TPSA) is 51.5 Å². The summed E-state index contributed by atoms with van der Waals surface area (Å²) in [5.74, 6) is 0. The predicted molar refractivity (Wildman–Crippen MR) is 109 cm³/mol. The number of benzene rings is 3. The van der Waals surface area contributed by atoms with Crippen molar-refractivity contribution in [1.82, 2.24) is 4.08 Å². The zero-order valence-corrected chi connectivity index (χ0v) is 15.9. The van der Waals surface area contributed by atoms with E-state index in [1.54, 1.807) is 4.08 Å². The van der Waals surface area contributed by atoms with E-state index in [1.807, 2.05) is 91.0 Å². The number of nitrogens with zero attached hydrogens (tertiary/aromatic N) is 2. The van der Waals surface area contributed by atoms with Gasteiger partial charge >= 0.3 is 0 Å². The third-order valence-electron chi connectivity index (χ3n) is 4.54. The molecule has 0 saturated carbocycles. The Balaban J connectivity index is 2.11. The molecule has 3 aromatic carbocycles. The molecule has 0 bridgehead atoms. The largest absolute Gasteiger partial charge is 0.531 e. The molecule has 0 radical (unpaired) electrons. The second-order valence-corrected chi connectivity index (χ2v) is 11.2. The zero-order chi connectivity index (χ0) is 18.0. The highest BCUT2D eigenvalue weighted by Crippen LogP contribution is 2.61. The summed E-state index contributed by atoms with van der Waals surface area (Å²) in [5.41, 5.74) is 0. The minimum absolute atomic E-state index is 0.302. The van der Waals surface area contributed by atoms with Gasteiger partial charge in [-0.2, -0.15) is 0 Å². The first-order valence-electron chi connectivity index (χ1n) is 8.43. The fraction of sp³-hybridized carbons (Fsp3) is 0.100. The lowest BCUT2D eigenvalue weighted by Gasteiger charge is -2.34. The van der Waals surface area contributed by atoms with Crippen LogP contribution in [0.1, 0.15) is 0 Å². The molecule has 1 heterocycles. The van der Waals surface area contributed by atoms with Gasteiger partial charge in [0.1, 0.15) is 15.9 Å². The normalized spacial score (nSPS) is 17.2. The Kier molecular flexibility index (Phi) is 4.63. The number of hydrogen-bond acceptors (Lipinski definition) is 2. The van der Waals surface area contributed by atoms with Crippen molar-refractivity contribution >= 4 is 33.5 Å². The molecule has 6 heteroatoms. The standard InChI is InChI=1S/C20H19N2O2PS/c23-26(24)21-16-17-22(26)25(18-10-4-1-5-11-18,19-12-6-2-7-13-19)20-14-8-3-9-15-20/h1-15H,16-17H2. The molecule has 0 atom stereocenters. The van der Waals surface area contributed by atoms with Crippen molar-refractivity contribution in [3.63, 3.8) is 0 Å². The van der Waals surface area contributed by atoms with Crippen molar-refractivity contribution in [3.05, 3.63) is 95.7 Å². The second kappa shape index (κ2) is 6.93. The van der Waals surface area contributed by atoms with Crippen molar-refractivity contribution in [3.8, 4) is 0 Å². The van der Waals surface area contributed by atoms with Crippen molar-refractivity contribution in [2.45, 2.75) is 0 Å².